The topological polar surface area (TPSA) is 29.5 Å². The average molecular weight is 639 g/mol. The molecule has 3 unspecified atom stereocenters. The fraction of sp³-hybridized carbons (Fsp3) is 0.294. The van der Waals surface area contributed by atoms with Crippen LogP contribution in [0.5, 0.6) is 0 Å². The first kappa shape index (κ1) is 32.6. The molecule has 1 N–H and O–H groups in total. The zero-order valence-electron chi connectivity index (χ0n) is 23.6. The lowest BCUT2D eigenvalue weighted by molar-refractivity contribution is -0.143. The smallest absolute Gasteiger partial charge is 0.380 e. The highest BCUT2D eigenvalue weighted by Crippen LogP contribution is 2.54. The van der Waals surface area contributed by atoms with Crippen LogP contribution in [0.15, 0.2) is 91.0 Å². The van der Waals surface area contributed by atoms with Gasteiger partial charge in [-0.1, -0.05) is 36.4 Å². The van der Waals surface area contributed by atoms with Crippen molar-refractivity contribution in [3.05, 3.63) is 142 Å². The summed E-state index contributed by atoms with van der Waals surface area (Å²) >= 11 is 0. The normalized spacial score (nSPS) is 19.9. The Morgan fingerprint density at radius 3 is 1.47 bits per heavy atom. The molecule has 1 aliphatic rings. The molecule has 45 heavy (non-hydrogen) atoms. The van der Waals surface area contributed by atoms with Crippen LogP contribution < -0.4 is 0 Å². The van der Waals surface area contributed by atoms with Gasteiger partial charge in [-0.05, 0) is 96.6 Å². The number of rotatable bonds is 7. The van der Waals surface area contributed by atoms with Gasteiger partial charge in [-0.25, -0.2) is 13.2 Å². The van der Waals surface area contributed by atoms with E-state index in [9.17, 15) is 44.6 Å². The highest BCUT2D eigenvalue weighted by Gasteiger charge is 2.51. The van der Waals surface area contributed by atoms with Crippen molar-refractivity contribution in [3.63, 3.8) is 0 Å². The van der Waals surface area contributed by atoms with Gasteiger partial charge in [-0.2, -0.15) is 26.3 Å². The number of halogens is 9. The average Bonchev–Trinajstić information content (AvgIpc) is 3.40. The maximum absolute atomic E-state index is 14.0. The first-order valence-corrected chi connectivity index (χ1v) is 14.0. The van der Waals surface area contributed by atoms with Gasteiger partial charge in [0.05, 0.1) is 23.3 Å². The molecule has 4 atom stereocenters. The number of hydrogen-bond acceptors (Lipinski definition) is 2. The van der Waals surface area contributed by atoms with Crippen molar-refractivity contribution in [2.24, 2.45) is 5.92 Å². The molecule has 2 nitrogen and oxygen atoms in total. The second kappa shape index (κ2) is 12.2. The highest BCUT2D eigenvalue weighted by atomic mass is 19.4. The minimum absolute atomic E-state index is 0.0364. The Morgan fingerprint density at radius 1 is 0.622 bits per heavy atom. The SMILES string of the molecule is CC(O[C@H]1CCC(C(O)(c2ccc(F)cc2)c2ccc(F)cc2)C1c1ccc(F)cc1)c1cc(C(F)(F)F)cc(C(F)(F)F)c1. The van der Waals surface area contributed by atoms with E-state index in [2.05, 4.69) is 0 Å². The summed E-state index contributed by atoms with van der Waals surface area (Å²) in [7, 11) is 0. The predicted octanol–water partition coefficient (Wildman–Crippen LogP) is 9.72. The summed E-state index contributed by atoms with van der Waals surface area (Å²) in [6.07, 6.45) is -11.8. The van der Waals surface area contributed by atoms with Gasteiger partial charge in [0.1, 0.15) is 23.1 Å². The Balaban J connectivity index is 1.59. The van der Waals surface area contributed by atoms with E-state index in [0.29, 0.717) is 17.7 Å². The van der Waals surface area contributed by atoms with E-state index in [4.69, 9.17) is 4.74 Å². The number of aliphatic hydroxyl groups is 1. The number of hydrogen-bond donors (Lipinski definition) is 1. The molecule has 5 rings (SSSR count). The standard InChI is InChI=1S/C34H27F9O2/c1-19(21-16-24(33(38,39)40)18-25(17-21)34(41,42)43)45-30-15-14-29(31(30)20-2-8-26(35)9-3-20)32(44,22-4-10-27(36)11-5-22)23-6-12-28(37)13-7-23/h2-13,16-19,29-31,44H,14-15H2,1H3/t19?,29?,30-,31?/m0/s1. The van der Waals surface area contributed by atoms with Crippen molar-refractivity contribution in [1.29, 1.82) is 0 Å². The number of alkyl halides is 6. The number of benzene rings is 4. The number of ether oxygens (including phenoxy) is 1. The van der Waals surface area contributed by atoms with Crippen LogP contribution >= 0.6 is 0 Å². The maximum atomic E-state index is 14.0. The van der Waals surface area contributed by atoms with Crippen LogP contribution in [-0.2, 0) is 22.7 Å². The van der Waals surface area contributed by atoms with Crippen molar-refractivity contribution in [1.82, 2.24) is 0 Å². The second-order valence-electron chi connectivity index (χ2n) is 11.2. The monoisotopic (exact) mass is 638 g/mol. The zero-order valence-corrected chi connectivity index (χ0v) is 23.6. The van der Waals surface area contributed by atoms with Crippen molar-refractivity contribution in [2.45, 2.75) is 55.8 Å². The highest BCUT2D eigenvalue weighted by molar-refractivity contribution is 5.41. The molecular formula is C34H27F9O2. The van der Waals surface area contributed by atoms with E-state index >= 15 is 0 Å². The van der Waals surface area contributed by atoms with Crippen LogP contribution in [0.1, 0.15) is 65.2 Å². The van der Waals surface area contributed by atoms with Gasteiger partial charge in [0.2, 0.25) is 0 Å². The zero-order chi connectivity index (χ0) is 32.7. The van der Waals surface area contributed by atoms with Crippen LogP contribution in [0, 0.1) is 23.4 Å². The van der Waals surface area contributed by atoms with Crippen molar-refractivity contribution in [2.75, 3.05) is 0 Å². The van der Waals surface area contributed by atoms with Crippen molar-refractivity contribution < 1.29 is 49.4 Å². The quantitative estimate of drug-likeness (QED) is 0.204. The minimum atomic E-state index is -5.05. The molecule has 11 heteroatoms. The van der Waals surface area contributed by atoms with Crippen LogP contribution in [0.3, 0.4) is 0 Å². The lowest BCUT2D eigenvalue weighted by Gasteiger charge is -2.40. The van der Waals surface area contributed by atoms with E-state index < -0.39 is 70.6 Å². The molecule has 0 heterocycles. The molecule has 238 valence electrons. The third-order valence-electron chi connectivity index (χ3n) is 8.41. The second-order valence-corrected chi connectivity index (χ2v) is 11.2. The summed E-state index contributed by atoms with van der Waals surface area (Å²) in [6.45, 7) is 1.33. The Hall–Kier alpha value is -3.83. The van der Waals surface area contributed by atoms with Gasteiger partial charge in [-0.15, -0.1) is 0 Å². The van der Waals surface area contributed by atoms with Crippen LogP contribution in [0.2, 0.25) is 0 Å². The summed E-state index contributed by atoms with van der Waals surface area (Å²) in [5, 5.41) is 12.5. The fourth-order valence-electron chi connectivity index (χ4n) is 6.27. The third kappa shape index (κ3) is 6.74. The van der Waals surface area contributed by atoms with Crippen LogP contribution in [-0.4, -0.2) is 11.2 Å². The van der Waals surface area contributed by atoms with Gasteiger partial charge in [0.15, 0.2) is 0 Å². The van der Waals surface area contributed by atoms with E-state index in [1.165, 1.54) is 55.5 Å². The van der Waals surface area contributed by atoms with Gasteiger partial charge < -0.3 is 9.84 Å². The Labute approximate surface area is 253 Å². The summed E-state index contributed by atoms with van der Waals surface area (Å²) in [5.41, 5.74) is -4.21. The molecule has 0 aromatic heterocycles. The Kier molecular flexibility index (Phi) is 8.80. The molecule has 0 bridgehead atoms. The summed E-state index contributed by atoms with van der Waals surface area (Å²) in [4.78, 5) is 0. The maximum Gasteiger partial charge on any atom is 0.416 e. The molecule has 0 amide bonds. The van der Waals surface area contributed by atoms with Crippen molar-refractivity contribution >= 4 is 0 Å². The van der Waals surface area contributed by atoms with Gasteiger partial charge >= 0.3 is 12.4 Å². The van der Waals surface area contributed by atoms with E-state index in [0.717, 1.165) is 24.3 Å². The van der Waals surface area contributed by atoms with Gasteiger partial charge in [0.25, 0.3) is 0 Å². The molecular weight excluding hydrogens is 611 g/mol. The van der Waals surface area contributed by atoms with Crippen LogP contribution in [0.4, 0.5) is 39.5 Å². The first-order valence-electron chi connectivity index (χ1n) is 14.0. The lowest BCUT2D eigenvalue weighted by Crippen LogP contribution is -2.39. The van der Waals surface area contributed by atoms with E-state index in [1.54, 1.807) is 0 Å². The molecule has 0 radical (unpaired) electrons. The van der Waals surface area contributed by atoms with Crippen molar-refractivity contribution in [3.8, 4) is 0 Å². The molecule has 4 aromatic rings. The van der Waals surface area contributed by atoms with Gasteiger partial charge in [0, 0.05) is 11.8 Å². The molecule has 1 fully saturated rings. The van der Waals surface area contributed by atoms with E-state index in [-0.39, 0.29) is 35.6 Å². The molecule has 1 saturated carbocycles. The van der Waals surface area contributed by atoms with Crippen LogP contribution in [0.25, 0.3) is 0 Å². The Bertz CT molecular complexity index is 1530. The molecule has 0 saturated heterocycles. The fourth-order valence-corrected chi connectivity index (χ4v) is 6.27. The summed E-state index contributed by atoms with van der Waals surface area (Å²) in [5.74, 6) is -3.27. The summed E-state index contributed by atoms with van der Waals surface area (Å²) in [6, 6.07) is 16.6. The molecule has 1 aliphatic carbocycles. The molecule has 0 aliphatic heterocycles. The summed E-state index contributed by atoms with van der Waals surface area (Å²) < 4.78 is 129. The Morgan fingerprint density at radius 2 is 1.04 bits per heavy atom. The van der Waals surface area contributed by atoms with E-state index in [1.807, 2.05) is 0 Å². The lowest BCUT2D eigenvalue weighted by atomic mass is 9.69. The molecule has 0 spiro atoms. The third-order valence-corrected chi connectivity index (χ3v) is 8.41. The molecule has 4 aromatic carbocycles. The first-order chi connectivity index (χ1) is 21.1. The largest absolute Gasteiger partial charge is 0.416 e. The minimum Gasteiger partial charge on any atom is -0.380 e. The van der Waals surface area contributed by atoms with Gasteiger partial charge in [-0.3, -0.25) is 0 Å². The predicted molar refractivity (Wildman–Crippen MR) is 147 cm³/mol.